The van der Waals surface area contributed by atoms with Gasteiger partial charge >= 0.3 is 6.09 Å². The van der Waals surface area contributed by atoms with Crippen LogP contribution < -0.4 is 10.6 Å². The van der Waals surface area contributed by atoms with Gasteiger partial charge in [0.15, 0.2) is 0 Å². The molecule has 5 heteroatoms. The van der Waals surface area contributed by atoms with Crippen LogP contribution >= 0.6 is 0 Å². The summed E-state index contributed by atoms with van der Waals surface area (Å²) in [6, 6.07) is 9.37. The molecule has 0 bridgehead atoms. The molecule has 1 atom stereocenters. The lowest BCUT2D eigenvalue weighted by Crippen LogP contribution is -2.41. The first-order valence-electron chi connectivity index (χ1n) is 6.02. The molecular formula is C13H17FN2O2. The predicted octanol–water partition coefficient (Wildman–Crippen LogP) is 1.61. The molecule has 0 aliphatic carbocycles. The summed E-state index contributed by atoms with van der Waals surface area (Å²) in [5, 5.41) is 5.39. The summed E-state index contributed by atoms with van der Waals surface area (Å²) in [4.78, 5) is 11.4. The van der Waals surface area contributed by atoms with Crippen molar-refractivity contribution in [1.82, 2.24) is 10.6 Å². The number of alkyl carbamates (subject to hydrolysis) is 1. The molecule has 1 fully saturated rings. The van der Waals surface area contributed by atoms with Crippen molar-refractivity contribution in [2.24, 2.45) is 0 Å². The van der Waals surface area contributed by atoms with Crippen LogP contribution in [0.25, 0.3) is 0 Å². The molecule has 2 rings (SSSR count). The number of halogens is 1. The molecule has 1 aromatic rings. The molecule has 98 valence electrons. The molecule has 2 N–H and O–H groups in total. The summed E-state index contributed by atoms with van der Waals surface area (Å²) in [6.45, 7) is 1.13. The molecule has 1 aromatic carbocycles. The van der Waals surface area contributed by atoms with Crippen molar-refractivity contribution in [3.8, 4) is 0 Å². The number of rotatable bonds is 4. The summed E-state index contributed by atoms with van der Waals surface area (Å²) >= 11 is 0. The van der Waals surface area contributed by atoms with E-state index in [-0.39, 0.29) is 19.7 Å². The van der Waals surface area contributed by atoms with E-state index in [4.69, 9.17) is 4.74 Å². The van der Waals surface area contributed by atoms with Gasteiger partial charge in [0.2, 0.25) is 0 Å². The minimum atomic E-state index is -1.34. The molecule has 0 aromatic heterocycles. The molecule has 1 heterocycles. The fourth-order valence-electron chi connectivity index (χ4n) is 1.87. The van der Waals surface area contributed by atoms with E-state index in [1.807, 2.05) is 30.3 Å². The molecule has 1 aliphatic rings. The van der Waals surface area contributed by atoms with Crippen molar-refractivity contribution in [1.29, 1.82) is 0 Å². The fraction of sp³-hybridized carbons (Fsp3) is 0.462. The highest BCUT2D eigenvalue weighted by Gasteiger charge is 2.33. The van der Waals surface area contributed by atoms with Crippen LogP contribution in [0.3, 0.4) is 0 Å². The lowest BCUT2D eigenvalue weighted by molar-refractivity contribution is 0.125. The number of amides is 1. The highest BCUT2D eigenvalue weighted by atomic mass is 19.1. The van der Waals surface area contributed by atoms with Crippen LogP contribution in [0.1, 0.15) is 12.0 Å². The standard InChI is InChI=1S/C13H17FN2O2/c14-13(6-7-15-9-13)10-16-12(17)18-8-11-4-2-1-3-5-11/h1-5,15H,6-10H2,(H,16,17)/t13-/m1/s1. The lowest BCUT2D eigenvalue weighted by atomic mass is 10.1. The van der Waals surface area contributed by atoms with Crippen LogP contribution in [0.5, 0.6) is 0 Å². The summed E-state index contributed by atoms with van der Waals surface area (Å²) < 4.78 is 18.9. The van der Waals surface area contributed by atoms with Gasteiger partial charge < -0.3 is 15.4 Å². The molecular weight excluding hydrogens is 235 g/mol. The first-order chi connectivity index (χ1) is 8.68. The summed E-state index contributed by atoms with van der Waals surface area (Å²) in [5.74, 6) is 0. The molecule has 0 radical (unpaired) electrons. The van der Waals surface area contributed by atoms with E-state index in [2.05, 4.69) is 10.6 Å². The average Bonchev–Trinajstić information content (AvgIpc) is 2.83. The normalized spacial score (nSPS) is 22.7. The Morgan fingerprint density at radius 1 is 1.44 bits per heavy atom. The molecule has 0 saturated carbocycles. The zero-order chi connectivity index (χ0) is 12.8. The Morgan fingerprint density at radius 3 is 2.89 bits per heavy atom. The van der Waals surface area contributed by atoms with Crippen molar-refractivity contribution < 1.29 is 13.9 Å². The SMILES string of the molecule is O=C(NC[C@@]1(F)CCNC1)OCc1ccccc1. The van der Waals surface area contributed by atoms with Gasteiger partial charge in [-0.25, -0.2) is 9.18 Å². The minimum Gasteiger partial charge on any atom is -0.445 e. The molecule has 4 nitrogen and oxygen atoms in total. The third-order valence-electron chi connectivity index (χ3n) is 2.95. The third-order valence-corrected chi connectivity index (χ3v) is 2.95. The van der Waals surface area contributed by atoms with Crippen molar-refractivity contribution in [3.05, 3.63) is 35.9 Å². The van der Waals surface area contributed by atoms with Crippen LogP contribution in [-0.4, -0.2) is 31.4 Å². The van der Waals surface area contributed by atoms with Gasteiger partial charge in [-0.2, -0.15) is 0 Å². The van der Waals surface area contributed by atoms with Crippen molar-refractivity contribution >= 4 is 6.09 Å². The fourth-order valence-corrected chi connectivity index (χ4v) is 1.87. The zero-order valence-corrected chi connectivity index (χ0v) is 10.1. The van der Waals surface area contributed by atoms with Gasteiger partial charge in [-0.15, -0.1) is 0 Å². The van der Waals surface area contributed by atoms with Gasteiger partial charge in [0.05, 0.1) is 6.54 Å². The van der Waals surface area contributed by atoms with E-state index in [1.54, 1.807) is 0 Å². The maximum Gasteiger partial charge on any atom is 0.407 e. The second-order valence-corrected chi connectivity index (χ2v) is 4.49. The molecule has 18 heavy (non-hydrogen) atoms. The Bertz CT molecular complexity index is 391. The number of carbonyl (C=O) groups is 1. The topological polar surface area (TPSA) is 50.4 Å². The van der Waals surface area contributed by atoms with Gasteiger partial charge in [-0.3, -0.25) is 0 Å². The van der Waals surface area contributed by atoms with Gasteiger partial charge in [-0.1, -0.05) is 30.3 Å². The molecule has 0 spiro atoms. The molecule has 1 amide bonds. The quantitative estimate of drug-likeness (QED) is 0.856. The Kier molecular flexibility index (Phi) is 4.15. The van der Waals surface area contributed by atoms with Gasteiger partial charge in [0.1, 0.15) is 12.3 Å². The first kappa shape index (κ1) is 12.8. The molecule has 1 aliphatic heterocycles. The van der Waals surface area contributed by atoms with E-state index >= 15 is 0 Å². The number of hydrogen-bond acceptors (Lipinski definition) is 3. The van der Waals surface area contributed by atoms with Gasteiger partial charge in [0, 0.05) is 6.54 Å². The third kappa shape index (κ3) is 3.70. The van der Waals surface area contributed by atoms with Crippen molar-refractivity contribution in [2.45, 2.75) is 18.7 Å². The first-order valence-corrected chi connectivity index (χ1v) is 6.02. The van der Waals surface area contributed by atoms with Crippen LogP contribution in [0.2, 0.25) is 0 Å². The number of nitrogens with one attached hydrogen (secondary N) is 2. The Morgan fingerprint density at radius 2 is 2.22 bits per heavy atom. The molecule has 1 saturated heterocycles. The predicted molar refractivity (Wildman–Crippen MR) is 66.0 cm³/mol. The van der Waals surface area contributed by atoms with Crippen LogP contribution in [0.15, 0.2) is 30.3 Å². The van der Waals surface area contributed by atoms with E-state index in [9.17, 15) is 9.18 Å². The Hall–Kier alpha value is -1.62. The van der Waals surface area contributed by atoms with E-state index in [0.29, 0.717) is 13.0 Å². The number of hydrogen-bond donors (Lipinski definition) is 2. The largest absolute Gasteiger partial charge is 0.445 e. The number of alkyl halides is 1. The zero-order valence-electron chi connectivity index (χ0n) is 10.1. The van der Waals surface area contributed by atoms with Crippen LogP contribution in [0.4, 0.5) is 9.18 Å². The maximum atomic E-state index is 13.9. The van der Waals surface area contributed by atoms with E-state index in [1.165, 1.54) is 0 Å². The maximum absolute atomic E-state index is 13.9. The number of ether oxygens (including phenoxy) is 1. The molecule has 0 unspecified atom stereocenters. The average molecular weight is 252 g/mol. The van der Waals surface area contributed by atoms with Gasteiger partial charge in [0.25, 0.3) is 0 Å². The van der Waals surface area contributed by atoms with Crippen LogP contribution in [0, 0.1) is 0 Å². The van der Waals surface area contributed by atoms with Gasteiger partial charge in [-0.05, 0) is 18.5 Å². The van der Waals surface area contributed by atoms with Crippen molar-refractivity contribution in [3.63, 3.8) is 0 Å². The van der Waals surface area contributed by atoms with E-state index < -0.39 is 11.8 Å². The number of carbonyl (C=O) groups excluding carboxylic acids is 1. The summed E-state index contributed by atoms with van der Waals surface area (Å²) in [7, 11) is 0. The Balaban J connectivity index is 1.69. The minimum absolute atomic E-state index is 0.00633. The number of benzene rings is 1. The highest BCUT2D eigenvalue weighted by Crippen LogP contribution is 2.18. The van der Waals surface area contributed by atoms with Crippen molar-refractivity contribution in [2.75, 3.05) is 19.6 Å². The summed E-state index contributed by atoms with van der Waals surface area (Å²) in [5.41, 5.74) is -0.434. The second kappa shape index (κ2) is 5.82. The summed E-state index contributed by atoms with van der Waals surface area (Å²) in [6.07, 6.45) is -0.158. The van der Waals surface area contributed by atoms with E-state index in [0.717, 1.165) is 5.56 Å². The van der Waals surface area contributed by atoms with Crippen LogP contribution in [-0.2, 0) is 11.3 Å². The Labute approximate surface area is 106 Å². The monoisotopic (exact) mass is 252 g/mol. The highest BCUT2D eigenvalue weighted by molar-refractivity contribution is 5.67. The smallest absolute Gasteiger partial charge is 0.407 e. The second-order valence-electron chi connectivity index (χ2n) is 4.49. The lowest BCUT2D eigenvalue weighted by Gasteiger charge is -2.18.